The van der Waals surface area contributed by atoms with Gasteiger partial charge in [0.05, 0.1) is 0 Å². The van der Waals surface area contributed by atoms with Gasteiger partial charge in [-0.25, -0.2) is 0 Å². The van der Waals surface area contributed by atoms with Crippen LogP contribution in [0, 0.1) is 11.8 Å². The summed E-state index contributed by atoms with van der Waals surface area (Å²) >= 11 is 0. The van der Waals surface area contributed by atoms with Crippen molar-refractivity contribution in [1.82, 2.24) is 4.90 Å². The van der Waals surface area contributed by atoms with Gasteiger partial charge >= 0.3 is 0 Å². The molecule has 1 aromatic rings. The Morgan fingerprint density at radius 3 is 2.52 bits per heavy atom. The molecule has 1 aromatic carbocycles. The number of likely N-dealkylation sites (tertiary alicyclic amines) is 1. The SMILES string of the molecule is CCO[C@@]1(C(=O)Nc2ccc(OCCN3CCC(C)CC3)cc2)CCC[C@H](C)C1. The van der Waals surface area contributed by atoms with Gasteiger partial charge in [-0.2, -0.15) is 0 Å². The van der Waals surface area contributed by atoms with E-state index in [0.717, 1.165) is 43.2 Å². The summed E-state index contributed by atoms with van der Waals surface area (Å²) in [5, 5.41) is 3.07. The van der Waals surface area contributed by atoms with E-state index in [9.17, 15) is 4.79 Å². The van der Waals surface area contributed by atoms with E-state index in [-0.39, 0.29) is 5.91 Å². The number of hydrogen-bond donors (Lipinski definition) is 1. The summed E-state index contributed by atoms with van der Waals surface area (Å²) in [5.41, 5.74) is 0.109. The minimum Gasteiger partial charge on any atom is -0.492 e. The lowest BCUT2D eigenvalue weighted by Gasteiger charge is -2.38. The number of anilines is 1. The number of ether oxygens (including phenoxy) is 2. The molecule has 1 aliphatic heterocycles. The molecule has 1 saturated carbocycles. The summed E-state index contributed by atoms with van der Waals surface area (Å²) in [6.45, 7) is 11.1. The molecule has 0 radical (unpaired) electrons. The fourth-order valence-corrected chi connectivity index (χ4v) is 4.64. The summed E-state index contributed by atoms with van der Waals surface area (Å²) < 4.78 is 11.9. The Morgan fingerprint density at radius 2 is 1.86 bits per heavy atom. The molecular weight excluding hydrogens is 364 g/mol. The number of nitrogens with zero attached hydrogens (tertiary/aromatic N) is 1. The maximum absolute atomic E-state index is 13.0. The van der Waals surface area contributed by atoms with Crippen LogP contribution in [-0.2, 0) is 9.53 Å². The standard InChI is InChI=1S/C24H38N2O3/c1-4-29-24(13-5-6-20(3)18-24)23(27)25-21-7-9-22(10-8-21)28-17-16-26-14-11-19(2)12-15-26/h7-10,19-20H,4-6,11-18H2,1-3H3,(H,25,27)/t20-,24-/m0/s1. The largest absolute Gasteiger partial charge is 0.492 e. The summed E-state index contributed by atoms with van der Waals surface area (Å²) in [4.78, 5) is 15.5. The molecule has 2 aliphatic rings. The van der Waals surface area contributed by atoms with Gasteiger partial charge in [-0.1, -0.05) is 20.3 Å². The average molecular weight is 403 g/mol. The first kappa shape index (κ1) is 22.1. The number of nitrogens with one attached hydrogen (secondary N) is 1. The lowest BCUT2D eigenvalue weighted by atomic mass is 9.78. The van der Waals surface area contributed by atoms with Crippen molar-refractivity contribution in [2.24, 2.45) is 11.8 Å². The normalized spacial score (nSPS) is 26.2. The molecule has 2 fully saturated rings. The molecule has 1 heterocycles. The average Bonchev–Trinajstić information content (AvgIpc) is 2.71. The molecule has 0 bridgehead atoms. The van der Waals surface area contributed by atoms with Crippen molar-refractivity contribution in [2.75, 3.05) is 38.2 Å². The predicted molar refractivity (Wildman–Crippen MR) is 117 cm³/mol. The van der Waals surface area contributed by atoms with Gasteiger partial charge in [0, 0.05) is 18.8 Å². The molecule has 162 valence electrons. The highest BCUT2D eigenvalue weighted by molar-refractivity contribution is 5.97. The highest BCUT2D eigenvalue weighted by Gasteiger charge is 2.42. The van der Waals surface area contributed by atoms with Gasteiger partial charge in [-0.15, -0.1) is 0 Å². The third-order valence-corrected chi connectivity index (χ3v) is 6.45. The van der Waals surface area contributed by atoms with Crippen LogP contribution in [0.2, 0.25) is 0 Å². The van der Waals surface area contributed by atoms with Crippen molar-refractivity contribution in [2.45, 2.75) is 64.9 Å². The topological polar surface area (TPSA) is 50.8 Å². The van der Waals surface area contributed by atoms with E-state index < -0.39 is 5.60 Å². The van der Waals surface area contributed by atoms with Crippen LogP contribution < -0.4 is 10.1 Å². The number of amides is 1. The number of hydrogen-bond acceptors (Lipinski definition) is 4. The molecule has 2 atom stereocenters. The van der Waals surface area contributed by atoms with E-state index in [0.29, 0.717) is 19.1 Å². The Hall–Kier alpha value is -1.59. The Kier molecular flexibility index (Phi) is 7.96. The zero-order valence-electron chi connectivity index (χ0n) is 18.4. The highest BCUT2D eigenvalue weighted by Crippen LogP contribution is 2.36. The van der Waals surface area contributed by atoms with E-state index in [1.807, 2.05) is 31.2 Å². The first-order chi connectivity index (χ1) is 14.0. The fourth-order valence-electron chi connectivity index (χ4n) is 4.64. The van der Waals surface area contributed by atoms with E-state index in [1.165, 1.54) is 32.4 Å². The van der Waals surface area contributed by atoms with Crippen molar-refractivity contribution in [3.8, 4) is 5.75 Å². The van der Waals surface area contributed by atoms with Crippen LogP contribution >= 0.6 is 0 Å². The van der Waals surface area contributed by atoms with Gasteiger partial charge in [0.15, 0.2) is 0 Å². The zero-order valence-corrected chi connectivity index (χ0v) is 18.4. The molecule has 0 spiro atoms. The van der Waals surface area contributed by atoms with Crippen LogP contribution in [0.1, 0.15) is 59.3 Å². The van der Waals surface area contributed by atoms with Gasteiger partial charge < -0.3 is 14.8 Å². The highest BCUT2D eigenvalue weighted by atomic mass is 16.5. The summed E-state index contributed by atoms with van der Waals surface area (Å²) in [7, 11) is 0. The molecule has 5 nitrogen and oxygen atoms in total. The van der Waals surface area contributed by atoms with Gasteiger partial charge in [0.1, 0.15) is 18.0 Å². The molecule has 3 rings (SSSR count). The second kappa shape index (κ2) is 10.4. The van der Waals surface area contributed by atoms with Crippen molar-refractivity contribution >= 4 is 11.6 Å². The van der Waals surface area contributed by atoms with Crippen molar-refractivity contribution in [3.63, 3.8) is 0 Å². The van der Waals surface area contributed by atoms with Crippen molar-refractivity contribution in [3.05, 3.63) is 24.3 Å². The van der Waals surface area contributed by atoms with Crippen LogP contribution in [0.4, 0.5) is 5.69 Å². The van der Waals surface area contributed by atoms with Crippen molar-refractivity contribution < 1.29 is 14.3 Å². The minimum atomic E-state index is -0.687. The number of rotatable bonds is 8. The maximum atomic E-state index is 13.0. The fraction of sp³-hybridized carbons (Fsp3) is 0.708. The lowest BCUT2D eigenvalue weighted by Crippen LogP contribution is -2.48. The number of carbonyl (C=O) groups excluding carboxylic acids is 1. The molecule has 0 aromatic heterocycles. The van der Waals surface area contributed by atoms with E-state index in [2.05, 4.69) is 24.1 Å². The number of carbonyl (C=O) groups is 1. The third kappa shape index (κ3) is 6.19. The van der Waals surface area contributed by atoms with E-state index in [1.54, 1.807) is 0 Å². The van der Waals surface area contributed by atoms with Crippen molar-refractivity contribution in [1.29, 1.82) is 0 Å². The Morgan fingerprint density at radius 1 is 1.14 bits per heavy atom. The molecule has 29 heavy (non-hydrogen) atoms. The summed E-state index contributed by atoms with van der Waals surface area (Å²) in [6, 6.07) is 7.71. The molecular formula is C24H38N2O3. The van der Waals surface area contributed by atoms with Crippen LogP contribution in [0.15, 0.2) is 24.3 Å². The third-order valence-electron chi connectivity index (χ3n) is 6.45. The quantitative estimate of drug-likeness (QED) is 0.683. The van der Waals surface area contributed by atoms with Gasteiger partial charge in [-0.05, 0) is 88.2 Å². The maximum Gasteiger partial charge on any atom is 0.256 e. The van der Waals surface area contributed by atoms with Crippen LogP contribution in [0.3, 0.4) is 0 Å². The molecule has 1 N–H and O–H groups in total. The van der Waals surface area contributed by atoms with Crippen LogP contribution in [0.5, 0.6) is 5.75 Å². The first-order valence-electron chi connectivity index (χ1n) is 11.4. The summed E-state index contributed by atoms with van der Waals surface area (Å²) in [5.74, 6) is 2.20. The molecule has 1 saturated heterocycles. The molecule has 0 unspecified atom stereocenters. The summed E-state index contributed by atoms with van der Waals surface area (Å²) in [6.07, 6.45) is 6.38. The number of piperidine rings is 1. The predicted octanol–water partition coefficient (Wildman–Crippen LogP) is 4.72. The molecule has 5 heteroatoms. The van der Waals surface area contributed by atoms with Gasteiger partial charge in [0.2, 0.25) is 0 Å². The second-order valence-electron chi connectivity index (χ2n) is 8.98. The van der Waals surface area contributed by atoms with E-state index in [4.69, 9.17) is 9.47 Å². The van der Waals surface area contributed by atoms with Gasteiger partial charge in [0.25, 0.3) is 5.91 Å². The van der Waals surface area contributed by atoms with Crippen LogP contribution in [0.25, 0.3) is 0 Å². The van der Waals surface area contributed by atoms with E-state index >= 15 is 0 Å². The first-order valence-corrected chi connectivity index (χ1v) is 11.4. The minimum absolute atomic E-state index is 0.0149. The number of benzene rings is 1. The lowest BCUT2D eigenvalue weighted by molar-refractivity contribution is -0.147. The second-order valence-corrected chi connectivity index (χ2v) is 8.98. The zero-order chi connectivity index (χ0) is 20.7. The smallest absolute Gasteiger partial charge is 0.256 e. The Balaban J connectivity index is 1.48. The van der Waals surface area contributed by atoms with Gasteiger partial charge in [-0.3, -0.25) is 9.69 Å². The Labute approximate surface area is 176 Å². The monoisotopic (exact) mass is 402 g/mol. The van der Waals surface area contributed by atoms with Crippen LogP contribution in [-0.4, -0.2) is 49.3 Å². The Bertz CT molecular complexity index is 636. The molecule has 1 aliphatic carbocycles. The molecule has 1 amide bonds.